The Morgan fingerprint density at radius 2 is 2.00 bits per heavy atom. The standard InChI is InChI=1S/C25H24F2N6O2/c1-3-20(34)18-6-12(2)16(11-28-18)15-7-14-10-29-21(30-24(35)17-9-25(17,26)27)8-19(14)33-23(15)31-22(32-33)13-4-5-13/h6-8,10-11,13,17,20,34H,3-5,9H2,1-2H3,(H,29,30,35)/t17-,20+/m1/s1. The van der Waals surface area contributed by atoms with E-state index in [1.807, 2.05) is 26.0 Å². The van der Waals surface area contributed by atoms with Crippen LogP contribution in [0.4, 0.5) is 14.6 Å². The van der Waals surface area contributed by atoms with E-state index in [9.17, 15) is 18.7 Å². The number of aryl methyl sites for hydroxylation is 1. The second kappa shape index (κ2) is 7.74. The van der Waals surface area contributed by atoms with Crippen molar-refractivity contribution in [3.8, 4) is 11.1 Å². The number of fused-ring (bicyclic) bond motifs is 3. The molecule has 0 spiro atoms. The number of amides is 1. The molecule has 2 fully saturated rings. The zero-order valence-corrected chi connectivity index (χ0v) is 19.3. The fraction of sp³-hybridized carbons (Fsp3) is 0.400. The highest BCUT2D eigenvalue weighted by Gasteiger charge is 2.61. The van der Waals surface area contributed by atoms with Gasteiger partial charge in [0, 0.05) is 47.3 Å². The number of hydrogen-bond acceptors (Lipinski definition) is 6. The summed E-state index contributed by atoms with van der Waals surface area (Å²) in [5.74, 6) is -3.72. The van der Waals surface area contributed by atoms with Gasteiger partial charge in [-0.15, -0.1) is 0 Å². The zero-order valence-electron chi connectivity index (χ0n) is 19.3. The molecule has 0 radical (unpaired) electrons. The third kappa shape index (κ3) is 3.81. The van der Waals surface area contributed by atoms with Crippen LogP contribution < -0.4 is 5.32 Å². The Bertz CT molecular complexity index is 1500. The van der Waals surface area contributed by atoms with Gasteiger partial charge in [0.25, 0.3) is 5.92 Å². The van der Waals surface area contributed by atoms with Crippen LogP contribution in [-0.2, 0) is 4.79 Å². The molecule has 4 heterocycles. The molecule has 4 aromatic rings. The quantitative estimate of drug-likeness (QED) is 0.421. The minimum atomic E-state index is -2.94. The second-order valence-corrected chi connectivity index (χ2v) is 9.52. The molecule has 2 atom stereocenters. The first-order valence-corrected chi connectivity index (χ1v) is 11.8. The molecule has 0 saturated heterocycles. The molecule has 4 aromatic heterocycles. The van der Waals surface area contributed by atoms with Crippen LogP contribution in [0.2, 0.25) is 0 Å². The summed E-state index contributed by atoms with van der Waals surface area (Å²) in [6.45, 7) is 3.87. The van der Waals surface area contributed by atoms with Crippen LogP contribution in [0.15, 0.2) is 30.6 Å². The van der Waals surface area contributed by atoms with Crippen LogP contribution >= 0.6 is 0 Å². The number of nitrogens with one attached hydrogen (secondary N) is 1. The van der Waals surface area contributed by atoms with Crippen molar-refractivity contribution < 1.29 is 18.7 Å². The van der Waals surface area contributed by atoms with Crippen LogP contribution in [-0.4, -0.2) is 41.5 Å². The molecule has 0 bridgehead atoms. The highest BCUT2D eigenvalue weighted by molar-refractivity contribution is 5.97. The van der Waals surface area contributed by atoms with Gasteiger partial charge in [0.05, 0.1) is 17.3 Å². The second-order valence-electron chi connectivity index (χ2n) is 9.52. The number of alkyl halides is 2. The van der Waals surface area contributed by atoms with E-state index in [2.05, 4.69) is 15.3 Å². The van der Waals surface area contributed by atoms with Gasteiger partial charge in [0.2, 0.25) is 5.91 Å². The number of halogens is 2. The molecule has 1 amide bonds. The van der Waals surface area contributed by atoms with E-state index in [4.69, 9.17) is 10.1 Å². The Morgan fingerprint density at radius 1 is 1.23 bits per heavy atom. The van der Waals surface area contributed by atoms with Crippen LogP contribution in [0.5, 0.6) is 0 Å². The maximum atomic E-state index is 13.3. The summed E-state index contributed by atoms with van der Waals surface area (Å²) in [4.78, 5) is 25.8. The number of rotatable bonds is 6. The van der Waals surface area contributed by atoms with Gasteiger partial charge in [0.1, 0.15) is 11.7 Å². The molecular formula is C25H24F2N6O2. The Labute approximate surface area is 199 Å². The lowest BCUT2D eigenvalue weighted by molar-refractivity contribution is -0.119. The van der Waals surface area contributed by atoms with Crippen molar-refractivity contribution in [2.75, 3.05) is 5.32 Å². The number of pyridine rings is 3. The van der Waals surface area contributed by atoms with E-state index < -0.39 is 30.3 Å². The fourth-order valence-corrected chi connectivity index (χ4v) is 4.38. The molecule has 10 heteroatoms. The largest absolute Gasteiger partial charge is 0.387 e. The molecule has 2 aliphatic carbocycles. The Kier molecular flexibility index (Phi) is 4.86. The summed E-state index contributed by atoms with van der Waals surface area (Å²) in [6.07, 6.45) is 4.92. The molecule has 180 valence electrons. The first-order chi connectivity index (χ1) is 16.7. The maximum Gasteiger partial charge on any atom is 0.260 e. The van der Waals surface area contributed by atoms with E-state index in [1.165, 1.54) is 0 Å². The summed E-state index contributed by atoms with van der Waals surface area (Å²) >= 11 is 0. The van der Waals surface area contributed by atoms with E-state index in [-0.39, 0.29) is 5.82 Å². The molecule has 8 nitrogen and oxygen atoms in total. The number of hydrogen-bond donors (Lipinski definition) is 2. The van der Waals surface area contributed by atoms with Gasteiger partial charge >= 0.3 is 0 Å². The maximum absolute atomic E-state index is 13.3. The van der Waals surface area contributed by atoms with Crippen LogP contribution in [0.25, 0.3) is 27.7 Å². The third-order valence-electron chi connectivity index (χ3n) is 6.79. The predicted octanol–water partition coefficient (Wildman–Crippen LogP) is 4.56. The Hall–Kier alpha value is -3.53. The molecule has 0 aliphatic heterocycles. The lowest BCUT2D eigenvalue weighted by Crippen LogP contribution is -2.18. The van der Waals surface area contributed by atoms with Crippen LogP contribution in [0.3, 0.4) is 0 Å². The Balaban J connectivity index is 1.46. The smallest absolute Gasteiger partial charge is 0.260 e. The highest BCUT2D eigenvalue weighted by atomic mass is 19.3. The molecular weight excluding hydrogens is 454 g/mol. The van der Waals surface area contributed by atoms with Crippen molar-refractivity contribution in [2.45, 2.75) is 57.5 Å². The number of carbonyl (C=O) groups excluding carboxylic acids is 1. The van der Waals surface area contributed by atoms with Gasteiger partial charge in [0.15, 0.2) is 11.5 Å². The van der Waals surface area contributed by atoms with E-state index >= 15 is 0 Å². The molecule has 2 N–H and O–H groups in total. The van der Waals surface area contributed by atoms with Crippen LogP contribution in [0, 0.1) is 12.8 Å². The Morgan fingerprint density at radius 3 is 2.66 bits per heavy atom. The van der Waals surface area contributed by atoms with Crippen LogP contribution in [0.1, 0.15) is 61.7 Å². The summed E-state index contributed by atoms with van der Waals surface area (Å²) < 4.78 is 28.3. The fourth-order valence-electron chi connectivity index (χ4n) is 4.38. The number of anilines is 1. The van der Waals surface area contributed by atoms with Gasteiger partial charge in [-0.1, -0.05) is 6.92 Å². The highest BCUT2D eigenvalue weighted by Crippen LogP contribution is 2.49. The molecule has 2 saturated carbocycles. The van der Waals surface area contributed by atoms with Crippen molar-refractivity contribution in [3.05, 3.63) is 47.7 Å². The molecule has 0 aromatic carbocycles. The van der Waals surface area contributed by atoms with Gasteiger partial charge in [-0.2, -0.15) is 5.10 Å². The van der Waals surface area contributed by atoms with Gasteiger partial charge < -0.3 is 10.4 Å². The number of aliphatic hydroxyl groups excluding tert-OH is 1. The van der Waals surface area contributed by atoms with Gasteiger partial charge in [-0.3, -0.25) is 9.78 Å². The third-order valence-corrected chi connectivity index (χ3v) is 6.79. The number of carbonyl (C=O) groups is 1. The molecule has 6 rings (SSSR count). The number of aliphatic hydroxyl groups is 1. The summed E-state index contributed by atoms with van der Waals surface area (Å²) in [7, 11) is 0. The summed E-state index contributed by atoms with van der Waals surface area (Å²) in [5, 5.41) is 18.2. The van der Waals surface area contributed by atoms with Crippen molar-refractivity contribution in [1.82, 2.24) is 24.6 Å². The number of nitrogens with zero attached hydrogens (tertiary/aromatic N) is 5. The minimum absolute atomic E-state index is 0.193. The summed E-state index contributed by atoms with van der Waals surface area (Å²) in [5.41, 5.74) is 4.57. The predicted molar refractivity (Wildman–Crippen MR) is 125 cm³/mol. The van der Waals surface area contributed by atoms with Crippen molar-refractivity contribution in [2.24, 2.45) is 5.92 Å². The van der Waals surface area contributed by atoms with Gasteiger partial charge in [-0.05, 0) is 43.9 Å². The average molecular weight is 479 g/mol. The van der Waals surface area contributed by atoms with E-state index in [0.29, 0.717) is 29.2 Å². The summed E-state index contributed by atoms with van der Waals surface area (Å²) in [6, 6.07) is 5.47. The normalized spacial score (nSPS) is 19.7. The molecule has 2 aliphatic rings. The molecule has 0 unspecified atom stereocenters. The van der Waals surface area contributed by atoms with Gasteiger partial charge in [-0.25, -0.2) is 23.3 Å². The lowest BCUT2D eigenvalue weighted by Gasteiger charge is -2.13. The van der Waals surface area contributed by atoms with E-state index in [1.54, 1.807) is 23.0 Å². The van der Waals surface area contributed by atoms with Crippen molar-refractivity contribution in [3.63, 3.8) is 0 Å². The first-order valence-electron chi connectivity index (χ1n) is 11.8. The zero-order chi connectivity index (χ0) is 24.5. The monoisotopic (exact) mass is 478 g/mol. The van der Waals surface area contributed by atoms with Crippen molar-refractivity contribution >= 4 is 28.3 Å². The lowest BCUT2D eigenvalue weighted by atomic mass is 10.0. The molecule has 35 heavy (non-hydrogen) atoms. The first kappa shape index (κ1) is 22.0. The van der Waals surface area contributed by atoms with Crippen molar-refractivity contribution in [1.29, 1.82) is 0 Å². The topological polar surface area (TPSA) is 105 Å². The minimum Gasteiger partial charge on any atom is -0.387 e. The number of aromatic nitrogens is 5. The van der Waals surface area contributed by atoms with E-state index in [0.717, 1.165) is 40.7 Å². The average Bonchev–Trinajstić information content (AvgIpc) is 3.74. The SMILES string of the molecule is CC[C@H](O)c1cc(C)c(-c2cc3cnc(NC(=O)[C@H]4CC4(F)F)cc3n3nc(C4CC4)nc23)cn1.